The minimum absolute atomic E-state index is 0.0806. The van der Waals surface area contributed by atoms with E-state index in [1.165, 1.54) is 0 Å². The predicted octanol–water partition coefficient (Wildman–Crippen LogP) is 2.12. The summed E-state index contributed by atoms with van der Waals surface area (Å²) in [7, 11) is 0. The second-order valence-corrected chi connectivity index (χ2v) is 3.23. The smallest absolute Gasteiger partial charge is 0.253 e. The monoisotopic (exact) mass is 177 g/mol. The zero-order chi connectivity index (χ0) is 9.84. The summed E-state index contributed by atoms with van der Waals surface area (Å²) >= 11 is 0. The van der Waals surface area contributed by atoms with E-state index in [1.54, 1.807) is 10.8 Å². The molecule has 0 atom stereocenters. The van der Waals surface area contributed by atoms with E-state index in [0.29, 0.717) is 6.54 Å². The highest BCUT2D eigenvalue weighted by molar-refractivity contribution is 5.09. The van der Waals surface area contributed by atoms with Crippen LogP contribution in [0.2, 0.25) is 0 Å². The van der Waals surface area contributed by atoms with Crippen LogP contribution in [-0.2, 0) is 6.54 Å². The molecule has 1 aromatic heterocycles. The quantitative estimate of drug-likeness (QED) is 0.648. The third-order valence-corrected chi connectivity index (χ3v) is 2.10. The molecule has 0 fully saturated rings. The summed E-state index contributed by atoms with van der Waals surface area (Å²) in [5.74, 6) is 0. The molecule has 0 aliphatic heterocycles. The molecule has 0 N–H and O–H groups in total. The summed E-state index contributed by atoms with van der Waals surface area (Å²) in [5.41, 5.74) is 1.94. The second-order valence-electron chi connectivity index (χ2n) is 3.23. The van der Waals surface area contributed by atoms with Gasteiger partial charge in [-0.15, -0.1) is 0 Å². The molecule has 1 aromatic rings. The fraction of sp³-hybridized carbons (Fsp3) is 0.364. The topological polar surface area (TPSA) is 22.0 Å². The molecule has 1 rings (SSSR count). The van der Waals surface area contributed by atoms with Crippen LogP contribution in [0.1, 0.15) is 18.9 Å². The normalized spacial score (nSPS) is 10.0. The summed E-state index contributed by atoms with van der Waals surface area (Å²) in [4.78, 5) is 11.5. The van der Waals surface area contributed by atoms with Gasteiger partial charge in [0, 0.05) is 18.3 Å². The maximum Gasteiger partial charge on any atom is 0.253 e. The van der Waals surface area contributed by atoms with Crippen LogP contribution in [0.25, 0.3) is 0 Å². The average Bonchev–Trinajstić information content (AvgIpc) is 2.13. The highest BCUT2D eigenvalue weighted by Gasteiger charge is 1.98. The van der Waals surface area contributed by atoms with Crippen LogP contribution in [0, 0.1) is 6.92 Å². The molecule has 1 heterocycles. The number of hydrogen-bond donors (Lipinski definition) is 0. The molecule has 0 bridgehead atoms. The van der Waals surface area contributed by atoms with Gasteiger partial charge in [0.1, 0.15) is 0 Å². The van der Waals surface area contributed by atoms with Crippen molar-refractivity contribution in [1.82, 2.24) is 4.57 Å². The Morgan fingerprint density at radius 2 is 2.31 bits per heavy atom. The second kappa shape index (κ2) is 4.08. The standard InChI is InChI=1S/C11H15NO/c1-4-9(2)8-12-7-5-6-10(3)11(12)13/h5-7H,2,4,8H2,1,3H3. The van der Waals surface area contributed by atoms with Gasteiger partial charge in [0.2, 0.25) is 0 Å². The lowest BCUT2D eigenvalue weighted by Gasteiger charge is -2.06. The first-order valence-electron chi connectivity index (χ1n) is 4.48. The molecule has 0 radical (unpaired) electrons. The van der Waals surface area contributed by atoms with Crippen molar-refractivity contribution in [2.75, 3.05) is 0 Å². The van der Waals surface area contributed by atoms with E-state index >= 15 is 0 Å². The Labute approximate surface area is 78.5 Å². The van der Waals surface area contributed by atoms with Crippen LogP contribution >= 0.6 is 0 Å². The Morgan fingerprint density at radius 1 is 1.62 bits per heavy atom. The number of rotatable bonds is 3. The Balaban J connectivity index is 2.96. The molecule has 0 saturated carbocycles. The van der Waals surface area contributed by atoms with Crippen molar-refractivity contribution in [3.8, 4) is 0 Å². The molecule has 0 spiro atoms. The van der Waals surface area contributed by atoms with Crippen molar-refractivity contribution < 1.29 is 0 Å². The van der Waals surface area contributed by atoms with Crippen LogP contribution in [0.4, 0.5) is 0 Å². The SMILES string of the molecule is C=C(CC)Cn1cccc(C)c1=O. The predicted molar refractivity (Wildman–Crippen MR) is 54.9 cm³/mol. The molecule has 0 unspecified atom stereocenters. The zero-order valence-electron chi connectivity index (χ0n) is 8.21. The fourth-order valence-corrected chi connectivity index (χ4v) is 1.13. The van der Waals surface area contributed by atoms with Gasteiger partial charge in [-0.05, 0) is 19.4 Å². The number of pyridine rings is 1. The number of allylic oxidation sites excluding steroid dienone is 1. The van der Waals surface area contributed by atoms with Crippen molar-refractivity contribution in [1.29, 1.82) is 0 Å². The van der Waals surface area contributed by atoms with Crippen molar-refractivity contribution in [2.24, 2.45) is 0 Å². The third kappa shape index (κ3) is 2.31. The van der Waals surface area contributed by atoms with Gasteiger partial charge in [-0.2, -0.15) is 0 Å². The van der Waals surface area contributed by atoms with E-state index in [9.17, 15) is 4.79 Å². The van der Waals surface area contributed by atoms with Crippen molar-refractivity contribution in [3.05, 3.63) is 46.4 Å². The lowest BCUT2D eigenvalue weighted by molar-refractivity contribution is 0.722. The van der Waals surface area contributed by atoms with Gasteiger partial charge < -0.3 is 4.57 Å². The summed E-state index contributed by atoms with van der Waals surface area (Å²) in [5, 5.41) is 0. The molecule has 0 aromatic carbocycles. The number of nitrogens with zero attached hydrogens (tertiary/aromatic N) is 1. The maximum absolute atomic E-state index is 11.5. The van der Waals surface area contributed by atoms with Crippen molar-refractivity contribution >= 4 is 0 Å². The van der Waals surface area contributed by atoms with Crippen LogP contribution in [0.5, 0.6) is 0 Å². The third-order valence-electron chi connectivity index (χ3n) is 2.10. The van der Waals surface area contributed by atoms with Gasteiger partial charge >= 0.3 is 0 Å². The van der Waals surface area contributed by atoms with Crippen LogP contribution < -0.4 is 5.56 Å². The van der Waals surface area contributed by atoms with E-state index in [1.807, 2.05) is 26.0 Å². The first kappa shape index (κ1) is 9.78. The summed E-state index contributed by atoms with van der Waals surface area (Å²) in [6.45, 7) is 8.39. The summed E-state index contributed by atoms with van der Waals surface area (Å²) in [6, 6.07) is 3.72. The zero-order valence-corrected chi connectivity index (χ0v) is 8.21. The molecule has 0 amide bonds. The minimum Gasteiger partial charge on any atom is -0.311 e. The molecular weight excluding hydrogens is 162 g/mol. The molecule has 0 aliphatic rings. The van der Waals surface area contributed by atoms with Crippen LogP contribution in [0.3, 0.4) is 0 Å². The van der Waals surface area contributed by atoms with E-state index in [2.05, 4.69) is 6.58 Å². The van der Waals surface area contributed by atoms with Gasteiger partial charge in [0.05, 0.1) is 0 Å². The molecule has 70 valence electrons. The van der Waals surface area contributed by atoms with Gasteiger partial charge in [-0.1, -0.05) is 25.1 Å². The van der Waals surface area contributed by atoms with E-state index < -0.39 is 0 Å². The first-order chi connectivity index (χ1) is 6.15. The fourth-order valence-electron chi connectivity index (χ4n) is 1.13. The van der Waals surface area contributed by atoms with E-state index in [0.717, 1.165) is 17.6 Å². The minimum atomic E-state index is 0.0806. The van der Waals surface area contributed by atoms with Crippen LogP contribution in [-0.4, -0.2) is 4.57 Å². The summed E-state index contributed by atoms with van der Waals surface area (Å²) in [6.07, 6.45) is 2.72. The average molecular weight is 177 g/mol. The highest BCUT2D eigenvalue weighted by atomic mass is 16.1. The first-order valence-corrected chi connectivity index (χ1v) is 4.48. The van der Waals surface area contributed by atoms with Gasteiger partial charge in [0.25, 0.3) is 5.56 Å². The lowest BCUT2D eigenvalue weighted by atomic mass is 10.2. The Morgan fingerprint density at radius 3 is 2.92 bits per heavy atom. The van der Waals surface area contributed by atoms with Gasteiger partial charge in [-0.3, -0.25) is 4.79 Å². The van der Waals surface area contributed by atoms with Crippen molar-refractivity contribution in [3.63, 3.8) is 0 Å². The maximum atomic E-state index is 11.5. The van der Waals surface area contributed by atoms with Crippen LogP contribution in [0.15, 0.2) is 35.3 Å². The highest BCUT2D eigenvalue weighted by Crippen LogP contribution is 1.99. The van der Waals surface area contributed by atoms with Gasteiger partial charge in [-0.25, -0.2) is 0 Å². The van der Waals surface area contributed by atoms with E-state index in [-0.39, 0.29) is 5.56 Å². The Hall–Kier alpha value is -1.31. The molecule has 2 heteroatoms. The molecule has 13 heavy (non-hydrogen) atoms. The molecule has 0 aliphatic carbocycles. The van der Waals surface area contributed by atoms with Gasteiger partial charge in [0.15, 0.2) is 0 Å². The molecular formula is C11H15NO. The lowest BCUT2D eigenvalue weighted by Crippen LogP contribution is -2.21. The molecule has 2 nitrogen and oxygen atoms in total. The number of aromatic nitrogens is 1. The number of hydrogen-bond acceptors (Lipinski definition) is 1. The molecule has 0 saturated heterocycles. The van der Waals surface area contributed by atoms with Crippen molar-refractivity contribution in [2.45, 2.75) is 26.8 Å². The Bertz CT molecular complexity index is 363. The summed E-state index contributed by atoms with van der Waals surface area (Å²) < 4.78 is 1.70. The Kier molecular flexibility index (Phi) is 3.07. The largest absolute Gasteiger partial charge is 0.311 e. The number of aryl methyl sites for hydroxylation is 1. The van der Waals surface area contributed by atoms with E-state index in [4.69, 9.17) is 0 Å².